The molecule has 5 nitrogen and oxygen atoms in total. The van der Waals surface area contributed by atoms with Crippen LogP contribution in [0.25, 0.3) is 0 Å². The first-order chi connectivity index (χ1) is 12.7. The summed E-state index contributed by atoms with van der Waals surface area (Å²) in [6.45, 7) is 8.00. The van der Waals surface area contributed by atoms with E-state index in [4.69, 9.17) is 16.3 Å². The van der Waals surface area contributed by atoms with Gasteiger partial charge in [-0.1, -0.05) is 56.6 Å². The number of pyridine rings is 1. The van der Waals surface area contributed by atoms with Gasteiger partial charge in [-0.15, -0.1) is 0 Å². The Hall–Kier alpha value is -2.40. The number of aromatic nitrogens is 1. The van der Waals surface area contributed by atoms with Crippen LogP contribution in [0.1, 0.15) is 45.2 Å². The van der Waals surface area contributed by atoms with E-state index in [1.807, 2.05) is 12.1 Å². The van der Waals surface area contributed by atoms with Gasteiger partial charge in [0.2, 0.25) is 0 Å². The predicted molar refractivity (Wildman–Crippen MR) is 107 cm³/mol. The molecule has 1 atom stereocenters. The number of nitrogens with one attached hydrogen (secondary N) is 1. The molecule has 144 valence electrons. The van der Waals surface area contributed by atoms with E-state index in [1.54, 1.807) is 12.1 Å². The van der Waals surface area contributed by atoms with Crippen LogP contribution in [0.4, 0.5) is 5.69 Å². The maximum absolute atomic E-state index is 12.1. The van der Waals surface area contributed by atoms with E-state index in [1.165, 1.54) is 18.7 Å². The lowest BCUT2D eigenvalue weighted by Crippen LogP contribution is -2.30. The molecule has 0 saturated heterocycles. The van der Waals surface area contributed by atoms with E-state index in [2.05, 4.69) is 43.2 Å². The predicted octanol–water partition coefficient (Wildman–Crippen LogP) is 4.54. The van der Waals surface area contributed by atoms with Gasteiger partial charge in [0.05, 0.1) is 5.69 Å². The van der Waals surface area contributed by atoms with Crippen LogP contribution >= 0.6 is 11.6 Å². The first-order valence-corrected chi connectivity index (χ1v) is 9.25. The molecule has 0 saturated carbocycles. The van der Waals surface area contributed by atoms with Crippen molar-refractivity contribution in [1.82, 2.24) is 4.98 Å². The van der Waals surface area contributed by atoms with Gasteiger partial charge in [-0.25, -0.2) is 4.98 Å². The highest BCUT2D eigenvalue weighted by molar-refractivity contribution is 6.32. The second kappa shape index (κ2) is 9.00. The Morgan fingerprint density at radius 3 is 2.44 bits per heavy atom. The van der Waals surface area contributed by atoms with Gasteiger partial charge < -0.3 is 10.1 Å². The summed E-state index contributed by atoms with van der Waals surface area (Å²) in [6, 6.07) is 11.5. The quantitative estimate of drug-likeness (QED) is 0.582. The number of benzene rings is 1. The van der Waals surface area contributed by atoms with Crippen LogP contribution in [-0.4, -0.2) is 23.0 Å². The minimum absolute atomic E-state index is 0.0947. The molecule has 0 spiro atoms. The number of halogens is 1. The number of ether oxygens (including phenoxy) is 1. The van der Waals surface area contributed by atoms with Crippen molar-refractivity contribution in [2.24, 2.45) is 0 Å². The zero-order valence-corrected chi connectivity index (χ0v) is 16.8. The highest BCUT2D eigenvalue weighted by atomic mass is 35.5. The highest BCUT2D eigenvalue weighted by Gasteiger charge is 2.19. The SMILES string of the molecule is C[C@@H](OC(=O)CCc1ccc(C(C)(C)C)cc1)C(=O)Nc1cccnc1Cl. The third-order valence-corrected chi connectivity index (χ3v) is 4.43. The second-order valence-corrected chi connectivity index (χ2v) is 7.77. The van der Waals surface area contributed by atoms with E-state index < -0.39 is 18.0 Å². The van der Waals surface area contributed by atoms with Crippen molar-refractivity contribution in [2.75, 3.05) is 5.32 Å². The molecule has 0 unspecified atom stereocenters. The molecular weight excluding hydrogens is 364 g/mol. The number of carbonyl (C=O) groups excluding carboxylic acids is 2. The summed E-state index contributed by atoms with van der Waals surface area (Å²) in [4.78, 5) is 28.0. The minimum Gasteiger partial charge on any atom is -0.453 e. The number of carbonyl (C=O) groups is 2. The first kappa shape index (κ1) is 20.9. The average Bonchev–Trinajstić information content (AvgIpc) is 2.61. The molecule has 0 aliphatic heterocycles. The molecule has 0 fully saturated rings. The first-order valence-electron chi connectivity index (χ1n) is 8.87. The molecule has 0 radical (unpaired) electrons. The summed E-state index contributed by atoms with van der Waals surface area (Å²) in [5, 5.41) is 2.78. The Kier molecular flexibility index (Phi) is 6.97. The fourth-order valence-electron chi connectivity index (χ4n) is 2.44. The largest absolute Gasteiger partial charge is 0.453 e. The standard InChI is InChI=1S/C21H25ClN2O3/c1-14(20(26)24-17-6-5-13-23-19(17)22)27-18(25)12-9-15-7-10-16(11-8-15)21(2,3)4/h5-8,10-11,13-14H,9,12H2,1-4H3,(H,24,26)/t14-/m1/s1. The Bertz CT molecular complexity index is 798. The van der Waals surface area contributed by atoms with Gasteiger partial charge in [-0.05, 0) is 42.0 Å². The molecule has 6 heteroatoms. The van der Waals surface area contributed by atoms with Crippen molar-refractivity contribution >= 4 is 29.2 Å². The van der Waals surface area contributed by atoms with E-state index in [0.29, 0.717) is 12.1 Å². The van der Waals surface area contributed by atoms with Gasteiger partial charge in [0, 0.05) is 12.6 Å². The minimum atomic E-state index is -0.919. The highest BCUT2D eigenvalue weighted by Crippen LogP contribution is 2.22. The molecule has 27 heavy (non-hydrogen) atoms. The monoisotopic (exact) mass is 388 g/mol. The van der Waals surface area contributed by atoms with Crippen molar-refractivity contribution in [3.05, 3.63) is 58.9 Å². The van der Waals surface area contributed by atoms with Crippen molar-refractivity contribution in [3.63, 3.8) is 0 Å². The van der Waals surface area contributed by atoms with Crippen LogP contribution in [0.3, 0.4) is 0 Å². The van der Waals surface area contributed by atoms with Crippen LogP contribution in [0.5, 0.6) is 0 Å². The van der Waals surface area contributed by atoms with Crippen LogP contribution in [-0.2, 0) is 26.2 Å². The molecular formula is C21H25ClN2O3. The fourth-order valence-corrected chi connectivity index (χ4v) is 2.61. The number of esters is 1. The van der Waals surface area contributed by atoms with E-state index in [-0.39, 0.29) is 17.0 Å². The molecule has 0 aliphatic carbocycles. The van der Waals surface area contributed by atoms with Crippen molar-refractivity contribution in [3.8, 4) is 0 Å². The van der Waals surface area contributed by atoms with Gasteiger partial charge >= 0.3 is 5.97 Å². The van der Waals surface area contributed by atoms with Crippen molar-refractivity contribution in [2.45, 2.75) is 52.1 Å². The van der Waals surface area contributed by atoms with Crippen LogP contribution < -0.4 is 5.32 Å². The number of rotatable bonds is 6. The van der Waals surface area contributed by atoms with E-state index in [0.717, 1.165) is 5.56 Å². The molecule has 0 bridgehead atoms. The Labute approximate surface area is 165 Å². The van der Waals surface area contributed by atoms with Gasteiger partial charge in [0.25, 0.3) is 5.91 Å². The average molecular weight is 389 g/mol. The topological polar surface area (TPSA) is 68.3 Å². The summed E-state index contributed by atoms with van der Waals surface area (Å²) in [5.41, 5.74) is 2.77. The number of nitrogens with zero attached hydrogens (tertiary/aromatic N) is 1. The smallest absolute Gasteiger partial charge is 0.306 e. The van der Waals surface area contributed by atoms with Gasteiger partial charge in [-0.2, -0.15) is 0 Å². The molecule has 2 rings (SSSR count). The zero-order valence-electron chi connectivity index (χ0n) is 16.1. The molecule has 2 aromatic rings. The Balaban J connectivity index is 1.82. The number of hydrogen-bond acceptors (Lipinski definition) is 4. The third kappa shape index (κ3) is 6.36. The lowest BCUT2D eigenvalue weighted by molar-refractivity contribution is -0.153. The molecule has 1 heterocycles. The number of aryl methyl sites for hydroxylation is 1. The summed E-state index contributed by atoms with van der Waals surface area (Å²) in [7, 11) is 0. The van der Waals surface area contributed by atoms with Crippen LogP contribution in [0.15, 0.2) is 42.6 Å². The van der Waals surface area contributed by atoms with Gasteiger partial charge in [-0.3, -0.25) is 9.59 Å². The van der Waals surface area contributed by atoms with Crippen molar-refractivity contribution < 1.29 is 14.3 Å². The lowest BCUT2D eigenvalue weighted by Gasteiger charge is -2.19. The Morgan fingerprint density at radius 2 is 1.85 bits per heavy atom. The number of hydrogen-bond donors (Lipinski definition) is 1. The lowest BCUT2D eigenvalue weighted by atomic mass is 9.86. The maximum Gasteiger partial charge on any atom is 0.306 e. The third-order valence-electron chi connectivity index (χ3n) is 4.13. The molecule has 1 amide bonds. The molecule has 1 aromatic heterocycles. The fraction of sp³-hybridized carbons (Fsp3) is 0.381. The molecule has 0 aliphatic rings. The number of amides is 1. The van der Waals surface area contributed by atoms with Crippen LogP contribution in [0.2, 0.25) is 5.15 Å². The normalized spacial score (nSPS) is 12.3. The molecule has 1 N–H and O–H groups in total. The Morgan fingerprint density at radius 1 is 1.19 bits per heavy atom. The maximum atomic E-state index is 12.1. The van der Waals surface area contributed by atoms with Crippen LogP contribution in [0, 0.1) is 0 Å². The van der Waals surface area contributed by atoms with E-state index in [9.17, 15) is 9.59 Å². The summed E-state index contributed by atoms with van der Waals surface area (Å²) in [5.74, 6) is -0.873. The van der Waals surface area contributed by atoms with Gasteiger partial charge in [0.15, 0.2) is 11.3 Å². The summed E-state index contributed by atoms with van der Waals surface area (Å²) in [6.07, 6.45) is 1.37. The molecule has 1 aromatic carbocycles. The summed E-state index contributed by atoms with van der Waals surface area (Å²) >= 11 is 5.90. The summed E-state index contributed by atoms with van der Waals surface area (Å²) < 4.78 is 5.21. The van der Waals surface area contributed by atoms with Gasteiger partial charge in [0.1, 0.15) is 0 Å². The van der Waals surface area contributed by atoms with Crippen molar-refractivity contribution in [1.29, 1.82) is 0 Å². The van der Waals surface area contributed by atoms with E-state index >= 15 is 0 Å². The zero-order chi connectivity index (χ0) is 20.0. The second-order valence-electron chi connectivity index (χ2n) is 7.41. The number of anilines is 1.